The second kappa shape index (κ2) is 12.0. The van der Waals surface area contributed by atoms with E-state index >= 15 is 0 Å². The van der Waals surface area contributed by atoms with E-state index < -0.39 is 101 Å². The van der Waals surface area contributed by atoms with E-state index in [4.69, 9.17) is 31.7 Å². The number of anilines is 1. The normalized spacial score (nSPS) is 36.0. The van der Waals surface area contributed by atoms with Gasteiger partial charge in [-0.3, -0.25) is 4.90 Å². The first kappa shape index (κ1) is 15.2. The third-order valence-electron chi connectivity index (χ3n) is 5.92. The summed E-state index contributed by atoms with van der Waals surface area (Å²) in [6, 6.07) is 4.88. The van der Waals surface area contributed by atoms with Gasteiger partial charge in [-0.2, -0.15) is 4.31 Å². The van der Waals surface area contributed by atoms with Gasteiger partial charge in [-0.15, -0.1) is 0 Å². The fourth-order valence-corrected chi connectivity index (χ4v) is 5.29. The van der Waals surface area contributed by atoms with Gasteiger partial charge in [0.25, 0.3) is 0 Å². The first-order valence-corrected chi connectivity index (χ1v) is 12.8. The molecule has 2 unspecified atom stereocenters. The van der Waals surface area contributed by atoms with E-state index in [1.54, 1.807) is 0 Å². The van der Waals surface area contributed by atoms with E-state index in [0.29, 0.717) is 0 Å². The molecule has 0 spiro atoms. The maximum Gasteiger partial charge on any atom is 0.407 e. The number of hydrogen-bond donors (Lipinski definition) is 3. The molecular weight excluding hydrogens is 510 g/mol. The number of carbonyl (C=O) groups is 1. The molecule has 0 radical (unpaired) electrons. The number of nitrogen functional groups attached to an aromatic ring is 1. The van der Waals surface area contributed by atoms with E-state index in [1.165, 1.54) is 30.3 Å². The molecule has 38 heavy (non-hydrogen) atoms. The van der Waals surface area contributed by atoms with Crippen molar-refractivity contribution in [2.75, 3.05) is 31.9 Å². The summed E-state index contributed by atoms with van der Waals surface area (Å²) in [7, 11) is -5.84. The Morgan fingerprint density at radius 1 is 1.26 bits per heavy atom. The summed E-state index contributed by atoms with van der Waals surface area (Å²) in [6.07, 6.45) is -9.94. The van der Waals surface area contributed by atoms with Gasteiger partial charge in [-0.05, 0) is 48.6 Å². The first-order chi connectivity index (χ1) is 23.5. The number of fused-ring (bicyclic) bond motifs is 1. The van der Waals surface area contributed by atoms with E-state index in [9.17, 15) is 26.2 Å². The number of sulfonamides is 1. The summed E-state index contributed by atoms with van der Waals surface area (Å²) in [6.45, 7) is -18.7. The summed E-state index contributed by atoms with van der Waals surface area (Å²) in [5, 5.41) is 22.8. The van der Waals surface area contributed by atoms with E-state index in [1.807, 2.05) is 0 Å². The summed E-state index contributed by atoms with van der Waals surface area (Å²) in [4.78, 5) is 12.2. The van der Waals surface area contributed by atoms with Gasteiger partial charge in [0.15, 0.2) is 6.27 Å². The lowest BCUT2D eigenvalue weighted by atomic mass is 9.93. The summed E-state index contributed by atoms with van der Waals surface area (Å²) in [5.74, 6) is -5.81. The van der Waals surface area contributed by atoms with Crippen molar-refractivity contribution >= 4 is 21.8 Å². The maximum absolute atomic E-state index is 14.4. The standard InChI is InChI=1S/C27H37N3O7S/c1-18(2)15-29(38(34,35)21-10-8-20(28)9-11-21)16-25(31)23(14-19-6-4-3-5-7-19)30(27(32)33)24-17-37-26-22(24)12-13-36-26/h3-11,18,22-26,31H,12-17,28H2,1-2H3,(H,32,33)/t22-,23-,24?,25+,26+/m0/s1/i1D3,2D3,15D2,16D,17D,18D,23D,25D,26D/t16-,17?,22-,23-,24?,25+,26+. The molecule has 2 fully saturated rings. The van der Waals surface area contributed by atoms with Gasteiger partial charge >= 0.3 is 6.09 Å². The first-order valence-electron chi connectivity index (χ1n) is 18.5. The Morgan fingerprint density at radius 2 is 1.97 bits per heavy atom. The van der Waals surface area contributed by atoms with Crippen LogP contribution in [0.2, 0.25) is 0 Å². The van der Waals surface area contributed by atoms with Crippen molar-refractivity contribution in [3.05, 3.63) is 60.2 Å². The molecule has 2 saturated heterocycles. The summed E-state index contributed by atoms with van der Waals surface area (Å²) >= 11 is 0. The summed E-state index contributed by atoms with van der Waals surface area (Å²) in [5.41, 5.74) is 5.60. The second-order valence-corrected chi connectivity index (χ2v) is 10.3. The number of aliphatic hydroxyl groups is 1. The topological polar surface area (TPSA) is 143 Å². The highest BCUT2D eigenvalue weighted by atomic mass is 32.2. The number of hydrogen-bond acceptors (Lipinski definition) is 7. The van der Waals surface area contributed by atoms with Crippen molar-refractivity contribution in [3.63, 3.8) is 0 Å². The smallest absolute Gasteiger partial charge is 0.407 e. The van der Waals surface area contributed by atoms with Gasteiger partial charge < -0.3 is 25.4 Å². The molecule has 2 aromatic rings. The zero-order valence-corrected chi connectivity index (χ0v) is 20.8. The van der Waals surface area contributed by atoms with Crippen molar-refractivity contribution in [1.29, 1.82) is 0 Å². The number of benzene rings is 2. The molecule has 4 N–H and O–H groups in total. The van der Waals surface area contributed by atoms with Crippen molar-refractivity contribution in [2.24, 2.45) is 11.8 Å². The molecule has 7 atom stereocenters. The minimum Gasteiger partial charge on any atom is -0.465 e. The van der Waals surface area contributed by atoms with Gasteiger partial charge in [-0.25, -0.2) is 13.2 Å². The average molecular weight is 562 g/mol. The van der Waals surface area contributed by atoms with Crippen LogP contribution in [-0.4, -0.2) is 84.5 Å². The molecule has 2 aliphatic heterocycles. The summed E-state index contributed by atoms with van der Waals surface area (Å²) < 4.78 is 157. The van der Waals surface area contributed by atoms with Crippen LogP contribution >= 0.6 is 0 Å². The molecule has 0 saturated carbocycles. The monoisotopic (exact) mass is 561 g/mol. The van der Waals surface area contributed by atoms with Crippen LogP contribution in [0.4, 0.5) is 10.5 Å². The Balaban J connectivity index is 2.07. The highest BCUT2D eigenvalue weighted by Gasteiger charge is 2.49. The third kappa shape index (κ3) is 6.29. The van der Waals surface area contributed by atoms with Gasteiger partial charge in [0, 0.05) is 38.3 Å². The van der Waals surface area contributed by atoms with E-state index in [0.717, 1.165) is 24.3 Å². The molecule has 4 rings (SSSR count). The van der Waals surface area contributed by atoms with Crippen LogP contribution in [0.5, 0.6) is 0 Å². The van der Waals surface area contributed by atoms with Gasteiger partial charge in [-0.1, -0.05) is 44.0 Å². The lowest BCUT2D eigenvalue weighted by molar-refractivity contribution is -0.0906. The third-order valence-corrected chi connectivity index (χ3v) is 7.50. The zero-order valence-electron chi connectivity index (χ0n) is 33.9. The minimum absolute atomic E-state index is 0.0161. The van der Waals surface area contributed by atoms with Crippen LogP contribution in [-0.2, 0) is 25.9 Å². The number of nitrogens with zero attached hydrogens (tertiary/aromatic N) is 2. The van der Waals surface area contributed by atoms with Crippen LogP contribution < -0.4 is 5.73 Å². The van der Waals surface area contributed by atoms with E-state index in [-0.39, 0.29) is 29.2 Å². The lowest BCUT2D eigenvalue weighted by Gasteiger charge is -2.39. The average Bonchev–Trinajstić information content (AvgIpc) is 3.48. The van der Waals surface area contributed by atoms with E-state index in [2.05, 4.69) is 0 Å². The molecular formula is C27H37N3O7S. The number of amides is 1. The number of ether oxygens (including phenoxy) is 2. The molecule has 2 aliphatic rings. The molecule has 208 valence electrons. The number of nitrogens with two attached hydrogens (primary N) is 1. The van der Waals surface area contributed by atoms with Gasteiger partial charge in [0.05, 0.1) is 41.7 Å². The number of carboxylic acid groups (broad SMARTS) is 1. The van der Waals surface area contributed by atoms with Gasteiger partial charge in [0.2, 0.25) is 10.0 Å². The van der Waals surface area contributed by atoms with Crippen LogP contribution in [0.3, 0.4) is 0 Å². The fraction of sp³-hybridized carbons (Fsp3) is 0.519. The van der Waals surface area contributed by atoms with Gasteiger partial charge in [0.1, 0.15) is 0 Å². The van der Waals surface area contributed by atoms with Crippen molar-refractivity contribution < 1.29 is 52.1 Å². The molecule has 0 bridgehead atoms. The molecule has 1 amide bonds. The Labute approximate surface area is 243 Å². The minimum atomic E-state index is -5.84. The molecule has 10 nitrogen and oxygen atoms in total. The number of rotatable bonds is 11. The largest absolute Gasteiger partial charge is 0.465 e. The Kier molecular flexibility index (Phi) is 4.79. The predicted molar refractivity (Wildman–Crippen MR) is 142 cm³/mol. The Hall–Kier alpha value is -2.70. The molecule has 0 aliphatic carbocycles. The lowest BCUT2D eigenvalue weighted by Crippen LogP contribution is -2.57. The Morgan fingerprint density at radius 3 is 2.63 bits per heavy atom. The highest BCUT2D eigenvalue weighted by Crippen LogP contribution is 2.36. The van der Waals surface area contributed by atoms with Crippen molar-refractivity contribution in [2.45, 2.75) is 55.8 Å². The maximum atomic E-state index is 14.4. The van der Waals surface area contributed by atoms with Crippen LogP contribution in [0, 0.1) is 11.8 Å². The predicted octanol–water partition coefficient (Wildman–Crippen LogP) is 2.63. The molecule has 0 aromatic heterocycles. The molecule has 2 heterocycles. The Bertz CT molecular complexity index is 1720. The molecule has 2 aromatic carbocycles. The fourth-order valence-electron chi connectivity index (χ4n) is 4.14. The zero-order chi connectivity index (χ0) is 39.7. The molecule has 11 heteroatoms. The van der Waals surface area contributed by atoms with Crippen LogP contribution in [0.25, 0.3) is 0 Å². The second-order valence-electron chi connectivity index (χ2n) is 8.44. The SMILES string of the molecule is [2H]C1O[C@@]2([2H])OCC[C@H]2C1N(C(=O)O)[C@@]([2H])(Cc1ccccc1)[C@]([2H])(O)[C@H]([2H])N(C([2H])([2H])C([2H])(C([2H])([2H])[2H])C([2H])([2H])[2H])S(=O)(=O)c1ccc(N)cc1. The van der Waals surface area contributed by atoms with Crippen molar-refractivity contribution in [1.82, 2.24) is 9.21 Å². The van der Waals surface area contributed by atoms with Crippen LogP contribution in [0.1, 0.15) is 44.9 Å². The quantitative estimate of drug-likeness (QED) is 0.356. The van der Waals surface area contributed by atoms with Crippen molar-refractivity contribution in [3.8, 4) is 0 Å². The van der Waals surface area contributed by atoms with Crippen LogP contribution in [0.15, 0.2) is 59.5 Å². The highest BCUT2D eigenvalue weighted by molar-refractivity contribution is 7.89.